The fourth-order valence-corrected chi connectivity index (χ4v) is 7.02. The lowest BCUT2D eigenvalue weighted by molar-refractivity contribution is 0.628. The Kier molecular flexibility index (Phi) is 18.1. The van der Waals surface area contributed by atoms with E-state index in [1.54, 1.807) is 24.3 Å². The first-order valence-corrected chi connectivity index (χ1v) is 20.8. The number of nitrogens with two attached hydrogens (primary N) is 4. The van der Waals surface area contributed by atoms with Gasteiger partial charge in [-0.1, -0.05) is 59.4 Å². The zero-order valence-corrected chi connectivity index (χ0v) is 34.7. The monoisotopic (exact) mass is 823 g/mol. The van der Waals surface area contributed by atoms with E-state index < -0.39 is 0 Å². The Labute approximate surface area is 352 Å². The molecule has 0 fully saturated rings. The number of aromatic amines is 4. The maximum atomic E-state index is 13.6. The van der Waals surface area contributed by atoms with Crippen molar-refractivity contribution in [2.24, 2.45) is 22.9 Å². The predicted octanol–water partition coefficient (Wildman–Crippen LogP) is 10.8. The largest absolute Gasteiger partial charge is 0.361 e. The third-order valence-electron chi connectivity index (χ3n) is 10.9. The quantitative estimate of drug-likeness (QED) is 0.0614. The van der Waals surface area contributed by atoms with Gasteiger partial charge >= 0.3 is 0 Å². The van der Waals surface area contributed by atoms with Crippen LogP contribution in [0.1, 0.15) is 83.1 Å². The fourth-order valence-electron chi connectivity index (χ4n) is 7.02. The van der Waals surface area contributed by atoms with Crippen molar-refractivity contribution in [3.8, 4) is 0 Å². The summed E-state index contributed by atoms with van der Waals surface area (Å²) in [4.78, 5) is 12.5. The van der Waals surface area contributed by atoms with Gasteiger partial charge in [0.25, 0.3) is 0 Å². The van der Waals surface area contributed by atoms with E-state index in [9.17, 15) is 13.2 Å². The summed E-state index contributed by atoms with van der Waals surface area (Å²) in [5.74, 6) is -0.587. The number of halogens is 3. The number of aromatic nitrogens is 4. The molecule has 0 aliphatic carbocycles. The molecule has 0 saturated heterocycles. The first-order valence-electron chi connectivity index (χ1n) is 20.8. The van der Waals surface area contributed by atoms with Crippen LogP contribution in [0.25, 0.3) is 43.6 Å². The van der Waals surface area contributed by atoms with Crippen LogP contribution in [0.5, 0.6) is 0 Å². The summed E-state index contributed by atoms with van der Waals surface area (Å²) in [7, 11) is 0. The number of nitrogens with one attached hydrogen (secondary N) is 4. The van der Waals surface area contributed by atoms with Crippen LogP contribution in [0, 0.1) is 17.5 Å². The lowest BCUT2D eigenvalue weighted by atomic mass is 10.0. The summed E-state index contributed by atoms with van der Waals surface area (Å²) in [6.45, 7) is 8.29. The van der Waals surface area contributed by atoms with Crippen molar-refractivity contribution in [2.45, 2.75) is 111 Å². The van der Waals surface area contributed by atoms with Gasteiger partial charge in [-0.15, -0.1) is 0 Å². The fraction of sp³-hybridized carbons (Fsp3) is 0.347. The van der Waals surface area contributed by atoms with Crippen molar-refractivity contribution in [1.29, 1.82) is 0 Å². The summed E-state index contributed by atoms with van der Waals surface area (Å²) in [6, 6.07) is 23.7. The van der Waals surface area contributed by atoms with Crippen molar-refractivity contribution in [2.75, 3.05) is 0 Å². The molecule has 0 amide bonds. The highest BCUT2D eigenvalue weighted by Gasteiger charge is 2.12. The molecule has 322 valence electrons. The van der Waals surface area contributed by atoms with E-state index in [0.29, 0.717) is 5.39 Å². The van der Waals surface area contributed by atoms with Crippen molar-refractivity contribution in [3.05, 3.63) is 143 Å². The Morgan fingerprint density at radius 3 is 1.43 bits per heavy atom. The Morgan fingerprint density at radius 2 is 0.850 bits per heavy atom. The first-order chi connectivity index (χ1) is 28.4. The van der Waals surface area contributed by atoms with Crippen LogP contribution in [0.15, 0.2) is 104 Å². The van der Waals surface area contributed by atoms with E-state index in [0.717, 1.165) is 89.8 Å². The number of hydrogen-bond donors (Lipinski definition) is 8. The van der Waals surface area contributed by atoms with Crippen molar-refractivity contribution in [3.63, 3.8) is 0 Å². The maximum Gasteiger partial charge on any atom is 0.132 e. The molecule has 12 N–H and O–H groups in total. The highest BCUT2D eigenvalue weighted by Crippen LogP contribution is 2.24. The SMILES string of the molecule is C.CC[C@@H](N)Cc1c[nH]c2cc(F)ccc12.CC[C@@H](N)Cc1c[nH]c2ccc(F)cc12.CC[C@@H](N)Cc1c[nH]c2cccc(F)c12.CC[C@@H](N)Cc1c[nH]c2ccccc12. The second kappa shape index (κ2) is 22.9. The van der Waals surface area contributed by atoms with Crippen molar-refractivity contribution in [1.82, 2.24) is 19.9 Å². The van der Waals surface area contributed by atoms with Gasteiger partial charge < -0.3 is 42.9 Å². The molecule has 4 aromatic carbocycles. The van der Waals surface area contributed by atoms with Crippen molar-refractivity contribution < 1.29 is 13.2 Å². The molecule has 8 rings (SSSR count). The molecule has 4 aromatic heterocycles. The molecular formula is C49H65F3N8. The molecule has 0 saturated carbocycles. The van der Waals surface area contributed by atoms with Gasteiger partial charge in [-0.3, -0.25) is 0 Å². The second-order valence-electron chi connectivity index (χ2n) is 15.3. The predicted molar refractivity (Wildman–Crippen MR) is 248 cm³/mol. The van der Waals surface area contributed by atoms with Gasteiger partial charge in [-0.05, 0) is 128 Å². The zero-order chi connectivity index (χ0) is 42.5. The molecule has 4 atom stereocenters. The Morgan fingerprint density at radius 1 is 0.433 bits per heavy atom. The number of rotatable bonds is 12. The molecule has 0 spiro atoms. The first kappa shape index (κ1) is 47.3. The summed E-state index contributed by atoms with van der Waals surface area (Å²) >= 11 is 0. The number of benzene rings is 4. The van der Waals surface area contributed by atoms with Crippen molar-refractivity contribution >= 4 is 43.6 Å². The number of hydrogen-bond acceptors (Lipinski definition) is 4. The van der Waals surface area contributed by atoms with E-state index in [1.807, 2.05) is 37.6 Å². The molecule has 0 aliphatic heterocycles. The zero-order valence-electron chi connectivity index (χ0n) is 34.7. The molecule has 11 heteroatoms. The summed E-state index contributed by atoms with van der Waals surface area (Å²) in [5, 5.41) is 4.00. The van der Waals surface area contributed by atoms with Gasteiger partial charge in [0.15, 0.2) is 0 Å². The normalized spacial score (nSPS) is 13.1. The van der Waals surface area contributed by atoms with Crippen LogP contribution < -0.4 is 22.9 Å². The Hall–Kier alpha value is -5.33. The summed E-state index contributed by atoms with van der Waals surface area (Å²) < 4.78 is 39.6. The smallest absolute Gasteiger partial charge is 0.132 e. The van der Waals surface area contributed by atoms with Crippen LogP contribution in [0.4, 0.5) is 13.2 Å². The third kappa shape index (κ3) is 12.6. The van der Waals surface area contributed by atoms with Gasteiger partial charge in [-0.25, -0.2) is 13.2 Å². The van der Waals surface area contributed by atoms with E-state index in [2.05, 4.69) is 65.1 Å². The van der Waals surface area contributed by atoms with E-state index in [4.69, 9.17) is 22.9 Å². The van der Waals surface area contributed by atoms with Gasteiger partial charge in [0.05, 0.1) is 0 Å². The highest BCUT2D eigenvalue weighted by atomic mass is 19.1. The minimum Gasteiger partial charge on any atom is -0.361 e. The lowest BCUT2D eigenvalue weighted by Crippen LogP contribution is -2.21. The number of H-pyrrole nitrogens is 4. The topological polar surface area (TPSA) is 167 Å². The van der Waals surface area contributed by atoms with Gasteiger partial charge in [0.2, 0.25) is 0 Å². The molecule has 0 radical (unpaired) electrons. The summed E-state index contributed by atoms with van der Waals surface area (Å²) in [6.07, 6.45) is 14.9. The van der Waals surface area contributed by atoms with Crippen LogP contribution in [-0.4, -0.2) is 44.1 Å². The maximum absolute atomic E-state index is 13.6. The molecule has 8 nitrogen and oxygen atoms in total. The van der Waals surface area contributed by atoms with E-state index in [-0.39, 0.29) is 49.0 Å². The Balaban J connectivity index is 0.000000175. The molecule has 4 heterocycles. The Bertz CT molecular complexity index is 2490. The average Bonchev–Trinajstić information content (AvgIpc) is 4.05. The third-order valence-corrected chi connectivity index (χ3v) is 10.9. The standard InChI is InChI=1S/3C12H15FN2.C12H16N2.CH4/c1-2-10(14)5-8-7-15-12-4-3-9(13)6-11(8)12;1-2-10(14)5-8-7-15-12-6-9(13)3-4-11(8)12;1-2-9(14)6-8-7-15-11-5-3-4-10(13)12(8)11;1-2-10(13)7-9-8-14-12-6-4-3-5-11(9)12;/h2*3-4,6-7,10,15H,2,5,14H2,1H3;3-5,7,9,15H,2,6,14H2,1H3;3-6,8,10,14H,2,7,13H2,1H3;1H4/t2*10-;9-;10-;/m1111./s1. The molecule has 0 bridgehead atoms. The van der Waals surface area contributed by atoms with Gasteiger partial charge in [-0.2, -0.15) is 0 Å². The molecule has 0 aliphatic rings. The molecule has 8 aromatic rings. The second-order valence-corrected chi connectivity index (χ2v) is 15.3. The minimum absolute atomic E-state index is 0. The molecule has 0 unspecified atom stereocenters. The van der Waals surface area contributed by atoms with E-state index in [1.165, 1.54) is 46.3 Å². The molecular weight excluding hydrogens is 758 g/mol. The van der Waals surface area contributed by atoms with Crippen LogP contribution in [0.3, 0.4) is 0 Å². The highest BCUT2D eigenvalue weighted by molar-refractivity contribution is 5.85. The minimum atomic E-state index is -0.212. The summed E-state index contributed by atoms with van der Waals surface area (Å²) in [5.41, 5.74) is 32.0. The molecule has 60 heavy (non-hydrogen) atoms. The number of para-hydroxylation sites is 1. The lowest BCUT2D eigenvalue weighted by Gasteiger charge is -2.07. The van der Waals surface area contributed by atoms with Crippen LogP contribution in [-0.2, 0) is 25.7 Å². The van der Waals surface area contributed by atoms with Gasteiger partial charge in [0.1, 0.15) is 17.5 Å². The van der Waals surface area contributed by atoms with Gasteiger partial charge in [0, 0.05) is 92.6 Å². The number of fused-ring (bicyclic) bond motifs is 4. The average molecular weight is 823 g/mol. The van der Waals surface area contributed by atoms with E-state index >= 15 is 0 Å². The van der Waals surface area contributed by atoms with Crippen LogP contribution >= 0.6 is 0 Å². The van der Waals surface area contributed by atoms with Crippen LogP contribution in [0.2, 0.25) is 0 Å².